The Labute approximate surface area is 134 Å². The molecule has 0 radical (unpaired) electrons. The van der Waals surface area contributed by atoms with Gasteiger partial charge in [0.15, 0.2) is 0 Å². The van der Waals surface area contributed by atoms with E-state index in [0.29, 0.717) is 6.54 Å². The van der Waals surface area contributed by atoms with Crippen LogP contribution in [0.25, 0.3) is 0 Å². The molecule has 0 bridgehead atoms. The lowest BCUT2D eigenvalue weighted by Crippen LogP contribution is -2.45. The van der Waals surface area contributed by atoms with Gasteiger partial charge in [-0.1, -0.05) is 15.9 Å². The van der Waals surface area contributed by atoms with E-state index in [1.54, 1.807) is 18.9 Å². The summed E-state index contributed by atoms with van der Waals surface area (Å²) in [5.74, 6) is -0.216. The van der Waals surface area contributed by atoms with Gasteiger partial charge in [-0.05, 0) is 51.6 Å². The number of amides is 2. The quantitative estimate of drug-likeness (QED) is 0.821. The topological polar surface area (TPSA) is 61.4 Å². The molecule has 1 atom stereocenters. The van der Waals surface area contributed by atoms with Gasteiger partial charge in [-0.3, -0.25) is 14.5 Å². The molecular formula is C15H22BrN3O2. The average Bonchev–Trinajstić information content (AvgIpc) is 2.41. The fourth-order valence-corrected chi connectivity index (χ4v) is 2.32. The summed E-state index contributed by atoms with van der Waals surface area (Å²) in [4.78, 5) is 25.5. The van der Waals surface area contributed by atoms with Crippen molar-refractivity contribution in [1.29, 1.82) is 0 Å². The van der Waals surface area contributed by atoms with Crippen molar-refractivity contribution in [3.8, 4) is 0 Å². The monoisotopic (exact) mass is 355 g/mol. The fraction of sp³-hybridized carbons (Fsp3) is 0.467. The predicted octanol–water partition coefficient (Wildman–Crippen LogP) is 2.15. The highest BCUT2D eigenvalue weighted by Gasteiger charge is 2.19. The summed E-state index contributed by atoms with van der Waals surface area (Å²) in [6.07, 6.45) is 0. The van der Waals surface area contributed by atoms with Crippen LogP contribution in [0.5, 0.6) is 0 Å². The maximum atomic E-state index is 12.0. The number of carbonyl (C=O) groups is 2. The van der Waals surface area contributed by atoms with Crippen molar-refractivity contribution < 1.29 is 9.59 Å². The molecule has 0 fully saturated rings. The Hall–Kier alpha value is -1.40. The van der Waals surface area contributed by atoms with E-state index in [-0.39, 0.29) is 24.4 Å². The van der Waals surface area contributed by atoms with Crippen molar-refractivity contribution >= 4 is 33.4 Å². The molecule has 0 spiro atoms. The molecule has 2 amide bonds. The molecule has 1 rings (SSSR count). The number of nitrogens with one attached hydrogen (secondary N) is 2. The number of halogens is 1. The van der Waals surface area contributed by atoms with E-state index < -0.39 is 0 Å². The lowest BCUT2D eigenvalue weighted by Gasteiger charge is -2.23. The Morgan fingerprint density at radius 1 is 1.38 bits per heavy atom. The SMILES string of the molecule is CCNC(=O)[C@H](C)N(C)CC(=O)Nc1ccc(Br)cc1C. The third-order valence-corrected chi connectivity index (χ3v) is 3.74. The zero-order valence-electron chi connectivity index (χ0n) is 12.9. The molecule has 0 aliphatic heterocycles. The number of hydrogen-bond acceptors (Lipinski definition) is 3. The van der Waals surface area contributed by atoms with Crippen molar-refractivity contribution in [2.75, 3.05) is 25.5 Å². The molecule has 0 heterocycles. The molecule has 0 saturated heterocycles. The van der Waals surface area contributed by atoms with E-state index in [2.05, 4.69) is 26.6 Å². The zero-order chi connectivity index (χ0) is 16.0. The van der Waals surface area contributed by atoms with Crippen LogP contribution < -0.4 is 10.6 Å². The van der Waals surface area contributed by atoms with Crippen molar-refractivity contribution in [1.82, 2.24) is 10.2 Å². The molecule has 1 aromatic rings. The van der Waals surface area contributed by atoms with Crippen molar-refractivity contribution in [3.63, 3.8) is 0 Å². The minimum Gasteiger partial charge on any atom is -0.355 e. The second-order valence-corrected chi connectivity index (χ2v) is 5.91. The van der Waals surface area contributed by atoms with Gasteiger partial charge in [0.1, 0.15) is 0 Å². The Kier molecular flexibility index (Phi) is 6.84. The summed E-state index contributed by atoms with van der Waals surface area (Å²) in [7, 11) is 1.76. The number of nitrogens with zero attached hydrogens (tertiary/aromatic N) is 1. The maximum Gasteiger partial charge on any atom is 0.238 e. The third kappa shape index (κ3) is 5.47. The summed E-state index contributed by atoms with van der Waals surface area (Å²) in [5, 5.41) is 5.61. The molecular weight excluding hydrogens is 334 g/mol. The summed E-state index contributed by atoms with van der Waals surface area (Å²) in [5.41, 5.74) is 1.76. The number of anilines is 1. The first-order chi connectivity index (χ1) is 9.85. The first-order valence-corrected chi connectivity index (χ1v) is 7.68. The summed E-state index contributed by atoms with van der Waals surface area (Å²) in [6.45, 7) is 6.33. The first-order valence-electron chi connectivity index (χ1n) is 6.89. The highest BCUT2D eigenvalue weighted by atomic mass is 79.9. The largest absolute Gasteiger partial charge is 0.355 e. The highest BCUT2D eigenvalue weighted by Crippen LogP contribution is 2.19. The van der Waals surface area contributed by atoms with Gasteiger partial charge in [0.05, 0.1) is 12.6 Å². The van der Waals surface area contributed by atoms with E-state index in [9.17, 15) is 9.59 Å². The first kappa shape index (κ1) is 17.7. The van der Waals surface area contributed by atoms with Crippen LogP contribution in [0.3, 0.4) is 0 Å². The van der Waals surface area contributed by atoms with Gasteiger partial charge in [0.2, 0.25) is 11.8 Å². The Balaban J connectivity index is 2.58. The van der Waals surface area contributed by atoms with Gasteiger partial charge in [-0.25, -0.2) is 0 Å². The molecule has 0 saturated carbocycles. The standard InChI is InChI=1S/C15H22BrN3O2/c1-5-17-15(21)11(3)19(4)9-14(20)18-13-7-6-12(16)8-10(13)2/h6-8,11H,5,9H2,1-4H3,(H,17,21)(H,18,20)/t11-/m0/s1. The third-order valence-electron chi connectivity index (χ3n) is 3.25. The molecule has 0 unspecified atom stereocenters. The van der Waals surface area contributed by atoms with Gasteiger partial charge in [0, 0.05) is 16.7 Å². The minimum absolute atomic E-state index is 0.0763. The highest BCUT2D eigenvalue weighted by molar-refractivity contribution is 9.10. The van der Waals surface area contributed by atoms with Crippen molar-refractivity contribution in [2.24, 2.45) is 0 Å². The minimum atomic E-state index is -0.346. The van der Waals surface area contributed by atoms with Crippen molar-refractivity contribution in [2.45, 2.75) is 26.8 Å². The fourth-order valence-electron chi connectivity index (χ4n) is 1.84. The molecule has 2 N–H and O–H groups in total. The smallest absolute Gasteiger partial charge is 0.238 e. The number of carbonyl (C=O) groups excluding carboxylic acids is 2. The molecule has 5 nitrogen and oxygen atoms in total. The lowest BCUT2D eigenvalue weighted by atomic mass is 10.2. The summed E-state index contributed by atoms with van der Waals surface area (Å²) in [6, 6.07) is 5.33. The number of benzene rings is 1. The average molecular weight is 356 g/mol. The van der Waals surface area contributed by atoms with Gasteiger partial charge in [-0.15, -0.1) is 0 Å². The van der Waals surface area contributed by atoms with E-state index in [1.807, 2.05) is 32.0 Å². The number of likely N-dealkylation sites (N-methyl/N-ethyl adjacent to an activating group) is 2. The van der Waals surface area contributed by atoms with E-state index in [1.165, 1.54) is 0 Å². The molecule has 6 heteroatoms. The predicted molar refractivity (Wildman–Crippen MR) is 88.3 cm³/mol. The van der Waals surface area contributed by atoms with Gasteiger partial charge in [0.25, 0.3) is 0 Å². The Morgan fingerprint density at radius 3 is 2.62 bits per heavy atom. The van der Waals surface area contributed by atoms with Crippen LogP contribution in [0, 0.1) is 6.92 Å². The summed E-state index contributed by atoms with van der Waals surface area (Å²) >= 11 is 3.39. The van der Waals surface area contributed by atoms with Crippen LogP contribution in [0.1, 0.15) is 19.4 Å². The second-order valence-electron chi connectivity index (χ2n) is 4.99. The van der Waals surface area contributed by atoms with Crippen LogP contribution in [-0.4, -0.2) is 42.9 Å². The van der Waals surface area contributed by atoms with Crippen LogP contribution in [0.15, 0.2) is 22.7 Å². The van der Waals surface area contributed by atoms with Crippen LogP contribution in [0.4, 0.5) is 5.69 Å². The number of aryl methyl sites for hydroxylation is 1. The maximum absolute atomic E-state index is 12.0. The summed E-state index contributed by atoms with van der Waals surface area (Å²) < 4.78 is 0.972. The molecule has 1 aromatic carbocycles. The van der Waals surface area contributed by atoms with E-state index in [4.69, 9.17) is 0 Å². The van der Waals surface area contributed by atoms with Crippen LogP contribution >= 0.6 is 15.9 Å². The van der Waals surface area contributed by atoms with Gasteiger partial charge < -0.3 is 10.6 Å². The lowest BCUT2D eigenvalue weighted by molar-refractivity contribution is -0.126. The van der Waals surface area contributed by atoms with Crippen LogP contribution in [-0.2, 0) is 9.59 Å². The molecule has 0 aromatic heterocycles. The Morgan fingerprint density at radius 2 is 2.05 bits per heavy atom. The Bertz CT molecular complexity index is 520. The van der Waals surface area contributed by atoms with E-state index in [0.717, 1.165) is 15.7 Å². The van der Waals surface area contributed by atoms with Gasteiger partial charge >= 0.3 is 0 Å². The van der Waals surface area contributed by atoms with Crippen molar-refractivity contribution in [3.05, 3.63) is 28.2 Å². The second kappa shape index (κ2) is 8.14. The van der Waals surface area contributed by atoms with Crippen LogP contribution in [0.2, 0.25) is 0 Å². The van der Waals surface area contributed by atoms with E-state index >= 15 is 0 Å². The van der Waals surface area contributed by atoms with Gasteiger partial charge in [-0.2, -0.15) is 0 Å². The molecule has 21 heavy (non-hydrogen) atoms. The number of rotatable bonds is 6. The molecule has 0 aliphatic rings. The number of hydrogen-bond donors (Lipinski definition) is 2. The normalized spacial score (nSPS) is 12.1. The zero-order valence-corrected chi connectivity index (χ0v) is 14.5. The molecule has 0 aliphatic carbocycles. The molecule has 116 valence electrons.